The van der Waals surface area contributed by atoms with Crippen molar-refractivity contribution >= 4 is 5.91 Å². The first kappa shape index (κ1) is 16.8. The molecule has 1 heterocycles. The SMILES string of the molecule is O=C(Cc1cccc(O)c1)NCCCCN1CCCC1CO. The minimum Gasteiger partial charge on any atom is -0.508 e. The summed E-state index contributed by atoms with van der Waals surface area (Å²) in [5, 5.41) is 21.5. The molecule has 1 saturated heterocycles. The number of nitrogens with zero attached hydrogens (tertiary/aromatic N) is 1. The summed E-state index contributed by atoms with van der Waals surface area (Å²) in [6.45, 7) is 3.00. The maximum absolute atomic E-state index is 11.8. The van der Waals surface area contributed by atoms with Crippen molar-refractivity contribution in [1.29, 1.82) is 0 Å². The number of nitrogens with one attached hydrogen (secondary N) is 1. The Morgan fingerprint density at radius 1 is 1.36 bits per heavy atom. The van der Waals surface area contributed by atoms with Crippen molar-refractivity contribution in [1.82, 2.24) is 10.2 Å². The molecule has 1 unspecified atom stereocenters. The third-order valence-electron chi connectivity index (χ3n) is 4.18. The monoisotopic (exact) mass is 306 g/mol. The predicted octanol–water partition coefficient (Wildman–Crippen LogP) is 1.29. The van der Waals surface area contributed by atoms with Crippen LogP contribution in [0.2, 0.25) is 0 Å². The molecule has 0 radical (unpaired) electrons. The number of aliphatic hydroxyl groups is 1. The number of aromatic hydroxyl groups is 1. The van der Waals surface area contributed by atoms with E-state index in [0.29, 0.717) is 19.0 Å². The van der Waals surface area contributed by atoms with E-state index in [-0.39, 0.29) is 18.3 Å². The van der Waals surface area contributed by atoms with E-state index < -0.39 is 0 Å². The van der Waals surface area contributed by atoms with Crippen LogP contribution in [0.5, 0.6) is 5.75 Å². The van der Waals surface area contributed by atoms with E-state index in [9.17, 15) is 15.0 Å². The molecule has 1 atom stereocenters. The molecule has 1 aliphatic rings. The first-order valence-electron chi connectivity index (χ1n) is 8.08. The number of rotatable bonds is 8. The lowest BCUT2D eigenvalue weighted by atomic mass is 10.1. The number of phenols is 1. The molecule has 5 nitrogen and oxygen atoms in total. The van der Waals surface area contributed by atoms with Crippen LogP contribution in [-0.2, 0) is 11.2 Å². The fraction of sp³-hybridized carbons (Fsp3) is 0.588. The maximum atomic E-state index is 11.8. The standard InChI is InChI=1S/C17H26N2O3/c20-13-15-6-4-10-19(15)9-2-1-8-18-17(22)12-14-5-3-7-16(21)11-14/h3,5,7,11,15,20-21H,1-2,4,6,8-10,12-13H2,(H,18,22). The summed E-state index contributed by atoms with van der Waals surface area (Å²) in [6, 6.07) is 7.12. The molecular formula is C17H26N2O3. The second-order valence-electron chi connectivity index (χ2n) is 5.92. The van der Waals surface area contributed by atoms with Crippen LogP contribution < -0.4 is 5.32 Å². The summed E-state index contributed by atoms with van der Waals surface area (Å²) >= 11 is 0. The highest BCUT2D eigenvalue weighted by atomic mass is 16.3. The Kier molecular flexibility index (Phi) is 6.68. The van der Waals surface area contributed by atoms with Gasteiger partial charge in [0, 0.05) is 12.6 Å². The number of amides is 1. The zero-order chi connectivity index (χ0) is 15.8. The Morgan fingerprint density at radius 3 is 3.00 bits per heavy atom. The number of likely N-dealkylation sites (tertiary alicyclic amines) is 1. The molecule has 3 N–H and O–H groups in total. The minimum atomic E-state index is -0.0139. The number of hydrogen-bond acceptors (Lipinski definition) is 4. The van der Waals surface area contributed by atoms with Crippen LogP contribution in [-0.4, -0.2) is 53.3 Å². The van der Waals surface area contributed by atoms with Gasteiger partial charge in [-0.3, -0.25) is 9.69 Å². The zero-order valence-electron chi connectivity index (χ0n) is 13.0. The largest absolute Gasteiger partial charge is 0.508 e. The average molecular weight is 306 g/mol. The number of unbranched alkanes of at least 4 members (excludes halogenated alkanes) is 1. The van der Waals surface area contributed by atoms with Crippen LogP contribution in [0.25, 0.3) is 0 Å². The predicted molar refractivity (Wildman–Crippen MR) is 85.7 cm³/mol. The van der Waals surface area contributed by atoms with Gasteiger partial charge in [0.25, 0.3) is 0 Å². The van der Waals surface area contributed by atoms with E-state index in [1.165, 1.54) is 6.42 Å². The van der Waals surface area contributed by atoms with Crippen molar-refractivity contribution in [3.63, 3.8) is 0 Å². The van der Waals surface area contributed by atoms with E-state index >= 15 is 0 Å². The fourth-order valence-corrected chi connectivity index (χ4v) is 2.98. The van der Waals surface area contributed by atoms with E-state index in [1.54, 1.807) is 18.2 Å². The molecule has 122 valence electrons. The first-order valence-corrected chi connectivity index (χ1v) is 8.08. The lowest BCUT2D eigenvalue weighted by Gasteiger charge is -2.22. The Bertz CT molecular complexity index is 479. The van der Waals surface area contributed by atoms with Gasteiger partial charge in [-0.25, -0.2) is 0 Å². The number of benzene rings is 1. The lowest BCUT2D eigenvalue weighted by molar-refractivity contribution is -0.120. The third kappa shape index (κ3) is 5.31. The fourth-order valence-electron chi connectivity index (χ4n) is 2.98. The Morgan fingerprint density at radius 2 is 2.23 bits per heavy atom. The number of aliphatic hydroxyl groups excluding tert-OH is 1. The average Bonchev–Trinajstić information content (AvgIpc) is 2.94. The van der Waals surface area contributed by atoms with Gasteiger partial charge < -0.3 is 15.5 Å². The molecule has 0 aliphatic carbocycles. The summed E-state index contributed by atoms with van der Waals surface area (Å²) in [6.07, 6.45) is 4.54. The maximum Gasteiger partial charge on any atom is 0.224 e. The molecular weight excluding hydrogens is 280 g/mol. The number of carbonyl (C=O) groups is 1. The molecule has 22 heavy (non-hydrogen) atoms. The van der Waals surface area contributed by atoms with Crippen molar-refractivity contribution in [2.75, 3.05) is 26.2 Å². The van der Waals surface area contributed by atoms with Gasteiger partial charge in [-0.15, -0.1) is 0 Å². The normalized spacial score (nSPS) is 18.5. The van der Waals surface area contributed by atoms with Crippen molar-refractivity contribution in [3.05, 3.63) is 29.8 Å². The molecule has 1 amide bonds. The minimum absolute atomic E-state index is 0.0139. The molecule has 1 aromatic carbocycles. The van der Waals surface area contributed by atoms with E-state index in [0.717, 1.165) is 37.9 Å². The number of hydrogen-bond donors (Lipinski definition) is 3. The zero-order valence-corrected chi connectivity index (χ0v) is 13.0. The van der Waals surface area contributed by atoms with Gasteiger partial charge in [0.05, 0.1) is 13.0 Å². The van der Waals surface area contributed by atoms with E-state index in [4.69, 9.17) is 0 Å². The van der Waals surface area contributed by atoms with Crippen LogP contribution in [0.15, 0.2) is 24.3 Å². The number of carbonyl (C=O) groups excluding carboxylic acids is 1. The molecule has 1 aliphatic heterocycles. The highest BCUT2D eigenvalue weighted by Gasteiger charge is 2.22. The van der Waals surface area contributed by atoms with E-state index in [2.05, 4.69) is 10.2 Å². The van der Waals surface area contributed by atoms with Crippen LogP contribution in [0, 0.1) is 0 Å². The Hall–Kier alpha value is -1.59. The van der Waals surface area contributed by atoms with Gasteiger partial charge in [-0.05, 0) is 56.5 Å². The highest BCUT2D eigenvalue weighted by Crippen LogP contribution is 2.16. The number of phenolic OH excluding ortho intramolecular Hbond substituents is 1. The lowest BCUT2D eigenvalue weighted by Crippen LogP contribution is -2.33. The molecule has 2 rings (SSSR count). The van der Waals surface area contributed by atoms with Crippen LogP contribution >= 0.6 is 0 Å². The third-order valence-corrected chi connectivity index (χ3v) is 4.18. The van der Waals surface area contributed by atoms with Crippen LogP contribution in [0.3, 0.4) is 0 Å². The molecule has 0 saturated carbocycles. The smallest absolute Gasteiger partial charge is 0.224 e. The molecule has 0 spiro atoms. The van der Waals surface area contributed by atoms with Gasteiger partial charge >= 0.3 is 0 Å². The first-order chi connectivity index (χ1) is 10.7. The quantitative estimate of drug-likeness (QED) is 0.633. The van der Waals surface area contributed by atoms with Crippen molar-refractivity contribution in [3.8, 4) is 5.75 Å². The van der Waals surface area contributed by atoms with Gasteiger partial charge in [-0.1, -0.05) is 12.1 Å². The van der Waals surface area contributed by atoms with Crippen LogP contribution in [0.4, 0.5) is 0 Å². The Labute approximate surface area is 131 Å². The van der Waals surface area contributed by atoms with Crippen molar-refractivity contribution < 1.29 is 15.0 Å². The summed E-state index contributed by atoms with van der Waals surface area (Å²) in [4.78, 5) is 14.1. The van der Waals surface area contributed by atoms with Gasteiger partial charge in [-0.2, -0.15) is 0 Å². The summed E-state index contributed by atoms with van der Waals surface area (Å²) in [5.41, 5.74) is 0.820. The van der Waals surface area contributed by atoms with Crippen LogP contribution in [0.1, 0.15) is 31.2 Å². The van der Waals surface area contributed by atoms with Crippen molar-refractivity contribution in [2.24, 2.45) is 0 Å². The summed E-state index contributed by atoms with van der Waals surface area (Å²) in [5.74, 6) is 0.175. The molecule has 0 aromatic heterocycles. The van der Waals surface area contributed by atoms with E-state index in [1.807, 2.05) is 6.07 Å². The second kappa shape index (κ2) is 8.76. The summed E-state index contributed by atoms with van der Waals surface area (Å²) < 4.78 is 0. The molecule has 1 aromatic rings. The molecule has 0 bridgehead atoms. The molecule has 5 heteroatoms. The second-order valence-corrected chi connectivity index (χ2v) is 5.92. The van der Waals surface area contributed by atoms with Gasteiger partial charge in [0.2, 0.25) is 5.91 Å². The van der Waals surface area contributed by atoms with Gasteiger partial charge in [0.15, 0.2) is 0 Å². The highest BCUT2D eigenvalue weighted by molar-refractivity contribution is 5.78. The van der Waals surface area contributed by atoms with Gasteiger partial charge in [0.1, 0.15) is 5.75 Å². The molecule has 1 fully saturated rings. The Balaban J connectivity index is 1.57. The summed E-state index contributed by atoms with van der Waals surface area (Å²) in [7, 11) is 0. The van der Waals surface area contributed by atoms with Crippen molar-refractivity contribution in [2.45, 2.75) is 38.1 Å². The topological polar surface area (TPSA) is 72.8 Å².